The Labute approximate surface area is 105 Å². The maximum absolute atomic E-state index is 11.3. The van der Waals surface area contributed by atoms with Crippen LogP contribution in [0.4, 0.5) is 0 Å². The molecule has 1 aromatic carbocycles. The molecule has 6 nitrogen and oxygen atoms in total. The third-order valence-electron chi connectivity index (χ3n) is 2.39. The molecule has 0 saturated carbocycles. The Balaban J connectivity index is 2.09. The van der Waals surface area contributed by atoms with Crippen LogP contribution in [0.1, 0.15) is 6.92 Å². The molecular formula is C12H14N4O2. The molecule has 0 saturated heterocycles. The summed E-state index contributed by atoms with van der Waals surface area (Å²) in [5.41, 5.74) is 0.882. The van der Waals surface area contributed by atoms with Gasteiger partial charge in [0.15, 0.2) is 6.10 Å². The summed E-state index contributed by atoms with van der Waals surface area (Å²) in [6.07, 6.45) is 0.919. The van der Waals surface area contributed by atoms with E-state index in [-0.39, 0.29) is 11.9 Å². The van der Waals surface area contributed by atoms with E-state index in [0.29, 0.717) is 0 Å². The molecule has 18 heavy (non-hydrogen) atoms. The van der Waals surface area contributed by atoms with E-state index in [9.17, 15) is 4.79 Å². The molecule has 2 aromatic rings. The van der Waals surface area contributed by atoms with Crippen LogP contribution in [0.15, 0.2) is 36.7 Å². The van der Waals surface area contributed by atoms with Gasteiger partial charge in [0.25, 0.3) is 5.91 Å². The van der Waals surface area contributed by atoms with Crippen LogP contribution in [0.2, 0.25) is 0 Å². The van der Waals surface area contributed by atoms with Crippen LogP contribution in [-0.2, 0) is 4.79 Å². The van der Waals surface area contributed by atoms with E-state index in [1.807, 2.05) is 30.3 Å². The lowest BCUT2D eigenvalue weighted by atomic mass is 10.3. The zero-order chi connectivity index (χ0) is 13.0. The summed E-state index contributed by atoms with van der Waals surface area (Å²) < 4.78 is 6.90. The highest BCUT2D eigenvalue weighted by molar-refractivity contribution is 5.80. The maximum atomic E-state index is 11.3. The Morgan fingerprint density at radius 1 is 1.39 bits per heavy atom. The summed E-state index contributed by atoms with van der Waals surface area (Å²) in [6.45, 7) is 1.64. The van der Waals surface area contributed by atoms with E-state index in [4.69, 9.17) is 4.74 Å². The van der Waals surface area contributed by atoms with Crippen molar-refractivity contribution in [1.82, 2.24) is 20.1 Å². The molecule has 1 atom stereocenters. The molecule has 94 valence electrons. The molecule has 2 rings (SSSR count). The molecule has 1 N–H and O–H groups in total. The van der Waals surface area contributed by atoms with Crippen molar-refractivity contribution in [3.63, 3.8) is 0 Å². The van der Waals surface area contributed by atoms with E-state index >= 15 is 0 Å². The van der Waals surface area contributed by atoms with Crippen LogP contribution in [0.25, 0.3) is 5.69 Å². The van der Waals surface area contributed by atoms with Gasteiger partial charge in [0.1, 0.15) is 6.33 Å². The van der Waals surface area contributed by atoms with Gasteiger partial charge in [0, 0.05) is 7.05 Å². The molecule has 0 fully saturated rings. The SMILES string of the molecule is CNC(=O)C(C)Oc1ncn(-c2ccccc2)n1. The lowest BCUT2D eigenvalue weighted by Gasteiger charge is -2.08. The van der Waals surface area contributed by atoms with Gasteiger partial charge in [-0.05, 0) is 19.1 Å². The van der Waals surface area contributed by atoms with Crippen molar-refractivity contribution in [2.75, 3.05) is 7.05 Å². The monoisotopic (exact) mass is 246 g/mol. The third-order valence-corrected chi connectivity index (χ3v) is 2.39. The Hall–Kier alpha value is -2.37. The number of benzene rings is 1. The summed E-state index contributed by atoms with van der Waals surface area (Å²) >= 11 is 0. The van der Waals surface area contributed by atoms with Gasteiger partial charge >= 0.3 is 6.01 Å². The number of nitrogens with one attached hydrogen (secondary N) is 1. The first kappa shape index (κ1) is 12.1. The number of hydrogen-bond acceptors (Lipinski definition) is 4. The van der Waals surface area contributed by atoms with Gasteiger partial charge in [0.05, 0.1) is 5.69 Å². The fourth-order valence-corrected chi connectivity index (χ4v) is 1.42. The third kappa shape index (κ3) is 2.65. The molecule has 1 aromatic heterocycles. The lowest BCUT2D eigenvalue weighted by molar-refractivity contribution is -0.126. The minimum absolute atomic E-state index is 0.176. The summed E-state index contributed by atoms with van der Waals surface area (Å²) in [5, 5.41) is 6.64. The van der Waals surface area contributed by atoms with Crippen molar-refractivity contribution in [2.45, 2.75) is 13.0 Å². The Morgan fingerprint density at radius 3 is 2.78 bits per heavy atom. The Morgan fingerprint density at radius 2 is 2.11 bits per heavy atom. The molecule has 1 heterocycles. The molecule has 1 unspecified atom stereocenters. The average Bonchev–Trinajstić information content (AvgIpc) is 2.87. The second-order valence-electron chi connectivity index (χ2n) is 3.68. The Bertz CT molecular complexity index is 524. The number of para-hydroxylation sites is 1. The van der Waals surface area contributed by atoms with Crippen molar-refractivity contribution in [2.24, 2.45) is 0 Å². The Kier molecular flexibility index (Phi) is 3.57. The number of carbonyl (C=O) groups excluding carboxylic acids is 1. The van der Waals surface area contributed by atoms with Crippen LogP contribution in [-0.4, -0.2) is 33.8 Å². The topological polar surface area (TPSA) is 69.0 Å². The number of nitrogens with zero attached hydrogens (tertiary/aromatic N) is 3. The van der Waals surface area contributed by atoms with Crippen LogP contribution in [0.3, 0.4) is 0 Å². The minimum Gasteiger partial charge on any atom is -0.449 e. The maximum Gasteiger partial charge on any atom is 0.336 e. The second-order valence-corrected chi connectivity index (χ2v) is 3.68. The molecule has 0 radical (unpaired) electrons. The predicted molar refractivity (Wildman–Crippen MR) is 65.5 cm³/mol. The first-order chi connectivity index (χ1) is 8.70. The molecule has 0 spiro atoms. The molecule has 0 aliphatic rings. The summed E-state index contributed by atoms with van der Waals surface area (Å²) in [6, 6.07) is 9.72. The second kappa shape index (κ2) is 5.31. The van der Waals surface area contributed by atoms with Gasteiger partial charge in [0.2, 0.25) is 0 Å². The van der Waals surface area contributed by atoms with Crippen LogP contribution >= 0.6 is 0 Å². The first-order valence-corrected chi connectivity index (χ1v) is 5.56. The van der Waals surface area contributed by atoms with Crippen molar-refractivity contribution >= 4 is 5.91 Å². The van der Waals surface area contributed by atoms with E-state index in [2.05, 4.69) is 15.4 Å². The highest BCUT2D eigenvalue weighted by atomic mass is 16.5. The fourth-order valence-electron chi connectivity index (χ4n) is 1.42. The van der Waals surface area contributed by atoms with Crippen LogP contribution in [0.5, 0.6) is 6.01 Å². The fraction of sp³-hybridized carbons (Fsp3) is 0.250. The number of likely N-dealkylation sites (N-methyl/N-ethyl adjacent to an activating group) is 1. The van der Waals surface area contributed by atoms with Crippen molar-refractivity contribution in [3.8, 4) is 11.7 Å². The summed E-state index contributed by atoms with van der Waals surface area (Å²) in [5.74, 6) is -0.217. The first-order valence-electron chi connectivity index (χ1n) is 5.56. The average molecular weight is 246 g/mol. The quantitative estimate of drug-likeness (QED) is 0.865. The minimum atomic E-state index is -0.623. The summed E-state index contributed by atoms with van der Waals surface area (Å²) in [4.78, 5) is 15.3. The van der Waals surface area contributed by atoms with E-state index < -0.39 is 6.10 Å². The predicted octanol–water partition coefficient (Wildman–Crippen LogP) is 0.781. The lowest BCUT2D eigenvalue weighted by Crippen LogP contribution is -2.34. The van der Waals surface area contributed by atoms with Gasteiger partial charge in [-0.25, -0.2) is 4.68 Å². The van der Waals surface area contributed by atoms with Gasteiger partial charge in [-0.15, -0.1) is 5.10 Å². The number of ether oxygens (including phenoxy) is 1. The van der Waals surface area contributed by atoms with Gasteiger partial charge in [-0.3, -0.25) is 4.79 Å². The van der Waals surface area contributed by atoms with Gasteiger partial charge < -0.3 is 10.1 Å². The number of hydrogen-bond donors (Lipinski definition) is 1. The largest absolute Gasteiger partial charge is 0.449 e. The van der Waals surface area contributed by atoms with Crippen LogP contribution < -0.4 is 10.1 Å². The molecular weight excluding hydrogens is 232 g/mol. The van der Waals surface area contributed by atoms with Crippen molar-refractivity contribution < 1.29 is 9.53 Å². The molecule has 0 aliphatic carbocycles. The molecule has 6 heteroatoms. The molecule has 0 aliphatic heterocycles. The zero-order valence-electron chi connectivity index (χ0n) is 10.2. The standard InChI is InChI=1S/C12H14N4O2/c1-9(11(17)13-2)18-12-14-8-16(15-12)10-6-4-3-5-7-10/h3-9H,1-2H3,(H,13,17). The number of aromatic nitrogens is 3. The highest BCUT2D eigenvalue weighted by Gasteiger charge is 2.15. The van der Waals surface area contributed by atoms with Gasteiger partial charge in [-0.1, -0.05) is 18.2 Å². The zero-order valence-corrected chi connectivity index (χ0v) is 10.2. The normalized spacial score (nSPS) is 11.9. The van der Waals surface area contributed by atoms with Gasteiger partial charge in [-0.2, -0.15) is 4.98 Å². The molecule has 0 bridgehead atoms. The number of amides is 1. The van der Waals surface area contributed by atoms with E-state index in [1.165, 1.54) is 0 Å². The van der Waals surface area contributed by atoms with E-state index in [1.54, 1.807) is 25.0 Å². The van der Waals surface area contributed by atoms with E-state index in [0.717, 1.165) is 5.69 Å². The highest BCUT2D eigenvalue weighted by Crippen LogP contribution is 2.09. The number of carbonyl (C=O) groups is 1. The number of rotatable bonds is 4. The van der Waals surface area contributed by atoms with Crippen molar-refractivity contribution in [1.29, 1.82) is 0 Å². The smallest absolute Gasteiger partial charge is 0.336 e. The van der Waals surface area contributed by atoms with Crippen molar-refractivity contribution in [3.05, 3.63) is 36.7 Å². The molecule has 1 amide bonds. The summed E-state index contributed by atoms with van der Waals surface area (Å²) in [7, 11) is 1.55. The van der Waals surface area contributed by atoms with Crippen LogP contribution in [0, 0.1) is 0 Å².